The third-order valence-electron chi connectivity index (χ3n) is 5.69. The van der Waals surface area contributed by atoms with E-state index in [1.165, 1.54) is 29.5 Å². The van der Waals surface area contributed by atoms with Crippen LogP contribution < -0.4 is 9.64 Å². The third kappa shape index (κ3) is 3.11. The van der Waals surface area contributed by atoms with Gasteiger partial charge in [-0.05, 0) is 80.3 Å². The fraction of sp³-hybridized carbons (Fsp3) is 0.435. The van der Waals surface area contributed by atoms with Crippen LogP contribution in [-0.4, -0.2) is 18.1 Å². The lowest BCUT2D eigenvalue weighted by atomic mass is 9.92. The molecule has 2 aliphatic rings. The summed E-state index contributed by atoms with van der Waals surface area (Å²) >= 11 is 0. The number of nitrogens with zero attached hydrogens (tertiary/aromatic N) is 1. The zero-order chi connectivity index (χ0) is 18.1. The minimum atomic E-state index is -0.440. The number of hydrogen-bond donors (Lipinski definition) is 0. The molecule has 136 valence electrons. The van der Waals surface area contributed by atoms with Crippen molar-refractivity contribution in [2.45, 2.75) is 64.5 Å². The Morgan fingerprint density at radius 3 is 2.69 bits per heavy atom. The van der Waals surface area contributed by atoms with Gasteiger partial charge in [0.05, 0.1) is 0 Å². The van der Waals surface area contributed by atoms with Gasteiger partial charge in [0.1, 0.15) is 5.75 Å². The van der Waals surface area contributed by atoms with Crippen molar-refractivity contribution in [3.05, 3.63) is 59.2 Å². The van der Waals surface area contributed by atoms with E-state index in [1.807, 2.05) is 36.1 Å². The molecule has 3 nitrogen and oxygen atoms in total. The fourth-order valence-corrected chi connectivity index (χ4v) is 4.31. The van der Waals surface area contributed by atoms with E-state index in [2.05, 4.69) is 25.1 Å². The average Bonchev–Trinajstić information content (AvgIpc) is 3.01. The van der Waals surface area contributed by atoms with Crippen LogP contribution in [0.4, 0.5) is 5.69 Å². The van der Waals surface area contributed by atoms with Gasteiger partial charge in [-0.15, -0.1) is 0 Å². The van der Waals surface area contributed by atoms with Gasteiger partial charge in [0, 0.05) is 11.7 Å². The number of rotatable bonds is 4. The van der Waals surface area contributed by atoms with Gasteiger partial charge in [0.15, 0.2) is 6.10 Å². The van der Waals surface area contributed by atoms with Gasteiger partial charge >= 0.3 is 0 Å². The number of benzene rings is 2. The van der Waals surface area contributed by atoms with Crippen LogP contribution in [0.1, 0.15) is 49.8 Å². The Balaban J connectivity index is 1.55. The first kappa shape index (κ1) is 17.1. The van der Waals surface area contributed by atoms with Gasteiger partial charge in [-0.1, -0.05) is 31.2 Å². The lowest BCUT2D eigenvalue weighted by Gasteiger charge is -2.28. The quantitative estimate of drug-likeness (QED) is 0.801. The Labute approximate surface area is 156 Å². The predicted molar refractivity (Wildman–Crippen MR) is 105 cm³/mol. The summed E-state index contributed by atoms with van der Waals surface area (Å²) in [6.07, 6.45) is 5.94. The summed E-state index contributed by atoms with van der Waals surface area (Å²) in [7, 11) is 0. The molecule has 0 N–H and O–H groups in total. The minimum absolute atomic E-state index is 0.0719. The standard InChI is InChI=1S/C23H27NO2/c1-3-22(26-20-13-12-17-8-4-5-9-18(17)15-20)23(25)24-16(2)14-19-10-6-7-11-21(19)24/h6-7,10-13,15-16,22H,3-5,8-9,14H2,1-2H3/t16-,22-/m1/s1. The van der Waals surface area contributed by atoms with E-state index in [0.717, 1.165) is 30.7 Å². The maximum Gasteiger partial charge on any atom is 0.268 e. The second-order valence-electron chi connectivity index (χ2n) is 7.54. The van der Waals surface area contributed by atoms with Crippen molar-refractivity contribution in [2.75, 3.05) is 4.90 Å². The highest BCUT2D eigenvalue weighted by atomic mass is 16.5. The topological polar surface area (TPSA) is 29.5 Å². The molecule has 0 aromatic heterocycles. The summed E-state index contributed by atoms with van der Waals surface area (Å²) in [6.45, 7) is 4.14. The Kier molecular flexibility index (Phi) is 4.71. The summed E-state index contributed by atoms with van der Waals surface area (Å²) < 4.78 is 6.18. The van der Waals surface area contributed by atoms with E-state index in [0.29, 0.717) is 6.42 Å². The van der Waals surface area contributed by atoms with Crippen LogP contribution in [-0.2, 0) is 24.1 Å². The van der Waals surface area contributed by atoms with Crippen LogP contribution in [0, 0.1) is 0 Å². The van der Waals surface area contributed by atoms with E-state index in [4.69, 9.17) is 4.74 Å². The normalized spacial score (nSPS) is 19.6. The number of fused-ring (bicyclic) bond motifs is 2. The molecular weight excluding hydrogens is 322 g/mol. The number of para-hydroxylation sites is 1. The molecule has 0 fully saturated rings. The van der Waals surface area contributed by atoms with Crippen LogP contribution in [0.25, 0.3) is 0 Å². The number of ether oxygens (including phenoxy) is 1. The van der Waals surface area contributed by atoms with Gasteiger partial charge in [-0.25, -0.2) is 0 Å². The van der Waals surface area contributed by atoms with Crippen LogP contribution in [0.2, 0.25) is 0 Å². The van der Waals surface area contributed by atoms with Gasteiger partial charge < -0.3 is 9.64 Å². The summed E-state index contributed by atoms with van der Waals surface area (Å²) in [5, 5.41) is 0. The summed E-state index contributed by atoms with van der Waals surface area (Å²) in [4.78, 5) is 15.2. The highest BCUT2D eigenvalue weighted by molar-refractivity contribution is 5.99. The molecule has 2 aromatic carbocycles. The third-order valence-corrected chi connectivity index (χ3v) is 5.69. The van der Waals surface area contributed by atoms with E-state index >= 15 is 0 Å². The number of aryl methyl sites for hydroxylation is 2. The molecular formula is C23H27NO2. The smallest absolute Gasteiger partial charge is 0.268 e. The molecule has 0 saturated carbocycles. The molecule has 26 heavy (non-hydrogen) atoms. The Bertz CT molecular complexity index is 814. The number of carbonyl (C=O) groups is 1. The number of hydrogen-bond acceptors (Lipinski definition) is 2. The van der Waals surface area contributed by atoms with Crippen molar-refractivity contribution in [2.24, 2.45) is 0 Å². The molecule has 0 bridgehead atoms. The number of anilines is 1. The van der Waals surface area contributed by atoms with Crippen molar-refractivity contribution < 1.29 is 9.53 Å². The lowest BCUT2D eigenvalue weighted by Crippen LogP contribution is -2.44. The maximum absolute atomic E-state index is 13.2. The molecule has 1 aliphatic heterocycles. The monoisotopic (exact) mass is 349 g/mol. The minimum Gasteiger partial charge on any atom is -0.481 e. The lowest BCUT2D eigenvalue weighted by molar-refractivity contribution is -0.125. The van der Waals surface area contributed by atoms with Gasteiger partial charge in [0.25, 0.3) is 5.91 Å². The molecule has 2 atom stereocenters. The van der Waals surface area contributed by atoms with Crippen molar-refractivity contribution in [3.8, 4) is 5.75 Å². The zero-order valence-corrected chi connectivity index (χ0v) is 15.7. The van der Waals surface area contributed by atoms with Crippen molar-refractivity contribution in [1.29, 1.82) is 0 Å². The summed E-state index contributed by atoms with van der Waals surface area (Å²) in [5.41, 5.74) is 5.11. The molecule has 0 unspecified atom stereocenters. The number of carbonyl (C=O) groups excluding carboxylic acids is 1. The highest BCUT2D eigenvalue weighted by Gasteiger charge is 2.35. The first-order chi connectivity index (χ1) is 12.7. The van der Waals surface area contributed by atoms with Crippen molar-refractivity contribution in [3.63, 3.8) is 0 Å². The second-order valence-corrected chi connectivity index (χ2v) is 7.54. The largest absolute Gasteiger partial charge is 0.481 e. The van der Waals surface area contributed by atoms with Crippen LogP contribution in [0.5, 0.6) is 5.75 Å². The Morgan fingerprint density at radius 1 is 1.12 bits per heavy atom. The molecule has 0 saturated heterocycles. The summed E-state index contributed by atoms with van der Waals surface area (Å²) in [6, 6.07) is 14.7. The van der Waals surface area contributed by atoms with Crippen LogP contribution in [0.3, 0.4) is 0 Å². The molecule has 1 aliphatic carbocycles. The highest BCUT2D eigenvalue weighted by Crippen LogP contribution is 2.33. The SMILES string of the molecule is CC[C@@H](Oc1ccc2c(c1)CCCC2)C(=O)N1c2ccccc2C[C@H]1C. The second kappa shape index (κ2) is 7.14. The van der Waals surface area contributed by atoms with Gasteiger partial charge in [-0.2, -0.15) is 0 Å². The fourth-order valence-electron chi connectivity index (χ4n) is 4.31. The van der Waals surface area contributed by atoms with E-state index in [-0.39, 0.29) is 11.9 Å². The Hall–Kier alpha value is -2.29. The van der Waals surface area contributed by atoms with Gasteiger partial charge in [0.2, 0.25) is 0 Å². The predicted octanol–water partition coefficient (Wildman–Crippen LogP) is 4.70. The molecule has 2 aromatic rings. The maximum atomic E-state index is 13.2. The van der Waals surface area contributed by atoms with E-state index in [9.17, 15) is 4.79 Å². The summed E-state index contributed by atoms with van der Waals surface area (Å²) in [5.74, 6) is 0.897. The van der Waals surface area contributed by atoms with E-state index < -0.39 is 6.10 Å². The first-order valence-electron chi connectivity index (χ1n) is 9.87. The average molecular weight is 349 g/mol. The molecule has 1 heterocycles. The van der Waals surface area contributed by atoms with Crippen molar-refractivity contribution >= 4 is 11.6 Å². The molecule has 0 spiro atoms. The zero-order valence-electron chi connectivity index (χ0n) is 15.7. The van der Waals surface area contributed by atoms with E-state index in [1.54, 1.807) is 0 Å². The molecule has 0 radical (unpaired) electrons. The molecule has 4 rings (SSSR count). The Morgan fingerprint density at radius 2 is 1.88 bits per heavy atom. The van der Waals surface area contributed by atoms with Crippen molar-refractivity contribution in [1.82, 2.24) is 0 Å². The number of amides is 1. The molecule has 3 heteroatoms. The molecule has 1 amide bonds. The first-order valence-corrected chi connectivity index (χ1v) is 9.87. The van der Waals surface area contributed by atoms with Crippen LogP contribution >= 0.6 is 0 Å². The van der Waals surface area contributed by atoms with Crippen LogP contribution in [0.15, 0.2) is 42.5 Å². The van der Waals surface area contributed by atoms with Gasteiger partial charge in [-0.3, -0.25) is 4.79 Å².